The Balaban J connectivity index is 4.10. The lowest BCUT2D eigenvalue weighted by atomic mass is 9.90. The highest BCUT2D eigenvalue weighted by molar-refractivity contribution is 4.87. The molecule has 0 aliphatic heterocycles. The average Bonchev–Trinajstić information content (AvgIpc) is 2.02. The summed E-state index contributed by atoms with van der Waals surface area (Å²) in [6, 6.07) is 0.562. The lowest BCUT2D eigenvalue weighted by Gasteiger charge is -2.34. The molecule has 0 aromatic rings. The number of hydrogen-bond donors (Lipinski definition) is 2. The third kappa shape index (κ3) is 5.27. The Morgan fingerprint density at radius 3 is 2.15 bits per heavy atom. The van der Waals surface area contributed by atoms with Gasteiger partial charge in [0.05, 0.1) is 0 Å². The molecule has 0 saturated carbocycles. The zero-order valence-electron chi connectivity index (χ0n) is 9.85. The Hall–Kier alpha value is -0.0800. The minimum absolute atomic E-state index is 0.115. The molecule has 2 atom stereocenters. The summed E-state index contributed by atoms with van der Waals surface area (Å²) in [6.45, 7) is 11.8. The lowest BCUT2D eigenvalue weighted by molar-refractivity contribution is 0.269. The molecule has 0 bridgehead atoms. The van der Waals surface area contributed by atoms with Gasteiger partial charge in [0.25, 0.3) is 0 Å². The second-order valence-electron chi connectivity index (χ2n) is 4.82. The molecule has 2 nitrogen and oxygen atoms in total. The van der Waals surface area contributed by atoms with E-state index in [-0.39, 0.29) is 5.54 Å². The molecule has 2 heteroatoms. The van der Waals surface area contributed by atoms with E-state index in [2.05, 4.69) is 39.9 Å². The van der Waals surface area contributed by atoms with Gasteiger partial charge in [-0.2, -0.15) is 0 Å². The van der Waals surface area contributed by atoms with E-state index in [1.165, 1.54) is 0 Å². The molecule has 0 heterocycles. The summed E-state index contributed by atoms with van der Waals surface area (Å²) in [5.74, 6) is 0.699. The van der Waals surface area contributed by atoms with Crippen molar-refractivity contribution in [3.63, 3.8) is 0 Å². The Kier molecular flexibility index (Phi) is 5.57. The quantitative estimate of drug-likeness (QED) is 0.667. The van der Waals surface area contributed by atoms with Crippen LogP contribution in [-0.2, 0) is 0 Å². The number of rotatable bonds is 6. The molecule has 0 aliphatic carbocycles. The third-order valence-corrected chi connectivity index (χ3v) is 2.52. The molecule has 0 rings (SSSR count). The van der Waals surface area contributed by atoms with E-state index in [4.69, 9.17) is 5.73 Å². The first-order chi connectivity index (χ1) is 5.93. The predicted molar refractivity (Wildman–Crippen MR) is 59.8 cm³/mol. The number of nitrogens with two attached hydrogens (primary N) is 1. The molecule has 2 unspecified atom stereocenters. The van der Waals surface area contributed by atoms with Gasteiger partial charge in [-0.3, -0.25) is 0 Å². The van der Waals surface area contributed by atoms with Crippen molar-refractivity contribution < 1.29 is 0 Å². The molecule has 0 amide bonds. The fourth-order valence-electron chi connectivity index (χ4n) is 1.80. The molecule has 0 spiro atoms. The van der Waals surface area contributed by atoms with Gasteiger partial charge in [-0.25, -0.2) is 0 Å². The number of nitrogens with one attached hydrogen (secondary N) is 1. The zero-order chi connectivity index (χ0) is 10.5. The van der Waals surface area contributed by atoms with Crippen LogP contribution in [0, 0.1) is 5.92 Å². The van der Waals surface area contributed by atoms with Crippen molar-refractivity contribution in [1.82, 2.24) is 5.32 Å². The first kappa shape index (κ1) is 12.9. The Bertz CT molecular complexity index is 134. The van der Waals surface area contributed by atoms with Crippen LogP contribution in [0.4, 0.5) is 0 Å². The first-order valence-electron chi connectivity index (χ1n) is 5.41. The van der Waals surface area contributed by atoms with Gasteiger partial charge in [0, 0.05) is 18.1 Å². The summed E-state index contributed by atoms with van der Waals surface area (Å²) in [6.07, 6.45) is 2.31. The summed E-state index contributed by atoms with van der Waals surface area (Å²) in [5.41, 5.74) is 5.91. The Morgan fingerprint density at radius 2 is 1.85 bits per heavy atom. The number of hydrogen-bond acceptors (Lipinski definition) is 2. The van der Waals surface area contributed by atoms with Gasteiger partial charge in [-0.05, 0) is 32.6 Å². The van der Waals surface area contributed by atoms with Gasteiger partial charge in [0.15, 0.2) is 0 Å². The van der Waals surface area contributed by atoms with Crippen LogP contribution in [0.15, 0.2) is 0 Å². The summed E-state index contributed by atoms with van der Waals surface area (Å²) in [4.78, 5) is 0. The monoisotopic (exact) mass is 186 g/mol. The summed E-state index contributed by atoms with van der Waals surface area (Å²) in [5, 5.41) is 3.60. The summed E-state index contributed by atoms with van der Waals surface area (Å²) in [7, 11) is 0. The van der Waals surface area contributed by atoms with Gasteiger partial charge in [0.1, 0.15) is 0 Å². The van der Waals surface area contributed by atoms with Crippen molar-refractivity contribution in [3.8, 4) is 0 Å². The Labute approximate surface area is 83.3 Å². The standard InChI is InChI=1S/C11H26N2/c1-6-10(4)13-11(5,8-12)7-9(2)3/h9-10,13H,6-8,12H2,1-5H3. The molecule has 0 radical (unpaired) electrons. The van der Waals surface area contributed by atoms with Gasteiger partial charge in [-0.15, -0.1) is 0 Å². The second-order valence-corrected chi connectivity index (χ2v) is 4.82. The molecule has 3 N–H and O–H groups in total. The van der Waals surface area contributed by atoms with Crippen LogP contribution >= 0.6 is 0 Å². The van der Waals surface area contributed by atoms with E-state index < -0.39 is 0 Å². The van der Waals surface area contributed by atoms with Gasteiger partial charge < -0.3 is 11.1 Å². The van der Waals surface area contributed by atoms with E-state index in [0.717, 1.165) is 19.4 Å². The zero-order valence-corrected chi connectivity index (χ0v) is 9.85. The maximum atomic E-state index is 5.80. The van der Waals surface area contributed by atoms with Crippen molar-refractivity contribution in [2.24, 2.45) is 11.7 Å². The van der Waals surface area contributed by atoms with Crippen LogP contribution in [0.1, 0.15) is 47.5 Å². The summed E-state index contributed by atoms with van der Waals surface area (Å²) >= 11 is 0. The molecular formula is C11H26N2. The van der Waals surface area contributed by atoms with Gasteiger partial charge in [0.2, 0.25) is 0 Å². The fraction of sp³-hybridized carbons (Fsp3) is 1.00. The summed E-state index contributed by atoms with van der Waals surface area (Å²) < 4.78 is 0. The Morgan fingerprint density at radius 1 is 1.31 bits per heavy atom. The highest BCUT2D eigenvalue weighted by Crippen LogP contribution is 2.16. The molecule has 0 aromatic carbocycles. The van der Waals surface area contributed by atoms with E-state index in [1.807, 2.05) is 0 Å². The first-order valence-corrected chi connectivity index (χ1v) is 5.41. The molecular weight excluding hydrogens is 160 g/mol. The maximum absolute atomic E-state index is 5.80. The van der Waals surface area contributed by atoms with E-state index in [1.54, 1.807) is 0 Å². The van der Waals surface area contributed by atoms with Crippen molar-refractivity contribution >= 4 is 0 Å². The molecule has 80 valence electrons. The minimum Gasteiger partial charge on any atom is -0.329 e. The predicted octanol–water partition coefficient (Wildman–Crippen LogP) is 2.14. The van der Waals surface area contributed by atoms with Crippen LogP contribution in [0.3, 0.4) is 0 Å². The van der Waals surface area contributed by atoms with Crippen LogP contribution in [0.2, 0.25) is 0 Å². The van der Waals surface area contributed by atoms with E-state index in [0.29, 0.717) is 12.0 Å². The molecule has 0 aromatic heterocycles. The highest BCUT2D eigenvalue weighted by atomic mass is 15.0. The molecule has 0 aliphatic rings. The molecule has 13 heavy (non-hydrogen) atoms. The molecule has 0 saturated heterocycles. The van der Waals surface area contributed by atoms with E-state index >= 15 is 0 Å². The fourth-order valence-corrected chi connectivity index (χ4v) is 1.80. The second kappa shape index (κ2) is 5.61. The average molecular weight is 186 g/mol. The largest absolute Gasteiger partial charge is 0.329 e. The van der Waals surface area contributed by atoms with Crippen LogP contribution in [-0.4, -0.2) is 18.1 Å². The minimum atomic E-state index is 0.115. The van der Waals surface area contributed by atoms with Crippen molar-refractivity contribution in [3.05, 3.63) is 0 Å². The smallest absolute Gasteiger partial charge is 0.0280 e. The van der Waals surface area contributed by atoms with Crippen molar-refractivity contribution in [2.45, 2.75) is 59.0 Å². The van der Waals surface area contributed by atoms with Crippen LogP contribution < -0.4 is 11.1 Å². The maximum Gasteiger partial charge on any atom is 0.0280 e. The van der Waals surface area contributed by atoms with Crippen molar-refractivity contribution in [1.29, 1.82) is 0 Å². The van der Waals surface area contributed by atoms with E-state index in [9.17, 15) is 0 Å². The van der Waals surface area contributed by atoms with Gasteiger partial charge in [-0.1, -0.05) is 20.8 Å². The SMILES string of the molecule is CCC(C)NC(C)(CN)CC(C)C. The van der Waals surface area contributed by atoms with Crippen LogP contribution in [0.5, 0.6) is 0 Å². The highest BCUT2D eigenvalue weighted by Gasteiger charge is 2.24. The normalized spacial score (nSPS) is 18.7. The lowest BCUT2D eigenvalue weighted by Crippen LogP contribution is -2.52. The molecule has 0 fully saturated rings. The topological polar surface area (TPSA) is 38.0 Å². The van der Waals surface area contributed by atoms with Gasteiger partial charge >= 0.3 is 0 Å². The van der Waals surface area contributed by atoms with Crippen LogP contribution in [0.25, 0.3) is 0 Å². The van der Waals surface area contributed by atoms with Crippen molar-refractivity contribution in [2.75, 3.05) is 6.54 Å². The third-order valence-electron chi connectivity index (χ3n) is 2.52.